The van der Waals surface area contributed by atoms with Gasteiger partial charge in [-0.25, -0.2) is 0 Å². The number of piperidine rings is 1. The van der Waals surface area contributed by atoms with E-state index in [4.69, 9.17) is 0 Å². The number of nitrogens with zero attached hydrogens (tertiary/aromatic N) is 1. The van der Waals surface area contributed by atoms with Gasteiger partial charge in [-0.3, -0.25) is 4.79 Å². The zero-order valence-electron chi connectivity index (χ0n) is 11.1. The average Bonchev–Trinajstić information content (AvgIpc) is 2.29. The van der Waals surface area contributed by atoms with Crippen LogP contribution in [0.4, 0.5) is 0 Å². The summed E-state index contributed by atoms with van der Waals surface area (Å²) in [6.07, 6.45) is 3.48. The SMILES string of the molecule is CCC(C)NCC(=O)N1CCCC(C)C1C. The topological polar surface area (TPSA) is 32.3 Å². The van der Waals surface area contributed by atoms with Crippen molar-refractivity contribution in [2.75, 3.05) is 13.1 Å². The van der Waals surface area contributed by atoms with Crippen molar-refractivity contribution in [2.24, 2.45) is 5.92 Å². The fourth-order valence-electron chi connectivity index (χ4n) is 2.19. The summed E-state index contributed by atoms with van der Waals surface area (Å²) in [6, 6.07) is 0.835. The van der Waals surface area contributed by atoms with Gasteiger partial charge in [0.05, 0.1) is 6.54 Å². The van der Waals surface area contributed by atoms with Crippen molar-refractivity contribution in [3.63, 3.8) is 0 Å². The molecule has 3 nitrogen and oxygen atoms in total. The van der Waals surface area contributed by atoms with Crippen LogP contribution in [-0.2, 0) is 4.79 Å². The lowest BCUT2D eigenvalue weighted by Crippen LogP contribution is -2.49. The van der Waals surface area contributed by atoms with Crippen LogP contribution in [-0.4, -0.2) is 36.0 Å². The Morgan fingerprint density at radius 1 is 1.50 bits per heavy atom. The van der Waals surface area contributed by atoms with Gasteiger partial charge >= 0.3 is 0 Å². The molecule has 3 unspecified atom stereocenters. The van der Waals surface area contributed by atoms with E-state index < -0.39 is 0 Å². The van der Waals surface area contributed by atoms with Crippen molar-refractivity contribution < 1.29 is 4.79 Å². The molecule has 1 fully saturated rings. The minimum absolute atomic E-state index is 0.263. The minimum Gasteiger partial charge on any atom is -0.339 e. The summed E-state index contributed by atoms with van der Waals surface area (Å²) in [4.78, 5) is 14.1. The Morgan fingerprint density at radius 2 is 2.19 bits per heavy atom. The molecule has 3 atom stereocenters. The molecule has 0 aromatic carbocycles. The molecule has 0 saturated carbocycles. The molecule has 1 rings (SSSR count). The van der Waals surface area contributed by atoms with Crippen LogP contribution in [0.1, 0.15) is 47.0 Å². The third kappa shape index (κ3) is 3.48. The Kier molecular flexibility index (Phi) is 5.26. The van der Waals surface area contributed by atoms with E-state index in [1.807, 2.05) is 4.90 Å². The van der Waals surface area contributed by atoms with E-state index >= 15 is 0 Å². The Hall–Kier alpha value is -0.570. The molecule has 0 bridgehead atoms. The van der Waals surface area contributed by atoms with Crippen molar-refractivity contribution >= 4 is 5.91 Å². The molecule has 1 amide bonds. The molecular weight excluding hydrogens is 200 g/mol. The summed E-state index contributed by atoms with van der Waals surface area (Å²) >= 11 is 0. The van der Waals surface area contributed by atoms with Crippen LogP contribution in [0.3, 0.4) is 0 Å². The molecule has 0 spiro atoms. The highest BCUT2D eigenvalue weighted by Gasteiger charge is 2.27. The van der Waals surface area contributed by atoms with Crippen LogP contribution in [0.25, 0.3) is 0 Å². The number of amides is 1. The molecule has 0 radical (unpaired) electrons. The number of carbonyl (C=O) groups excluding carboxylic acids is 1. The molecule has 1 aliphatic heterocycles. The van der Waals surface area contributed by atoms with E-state index in [9.17, 15) is 4.79 Å². The normalized spacial score (nSPS) is 27.9. The van der Waals surface area contributed by atoms with E-state index in [1.165, 1.54) is 6.42 Å². The molecular formula is C13H26N2O. The molecule has 1 saturated heterocycles. The maximum atomic E-state index is 12.0. The molecule has 94 valence electrons. The van der Waals surface area contributed by atoms with Gasteiger partial charge in [-0.05, 0) is 39.0 Å². The van der Waals surface area contributed by atoms with Crippen LogP contribution in [0.5, 0.6) is 0 Å². The predicted octanol–water partition coefficient (Wildman–Crippen LogP) is 2.02. The van der Waals surface area contributed by atoms with Gasteiger partial charge < -0.3 is 10.2 Å². The molecule has 3 heteroatoms. The first kappa shape index (κ1) is 13.5. The average molecular weight is 226 g/mol. The smallest absolute Gasteiger partial charge is 0.236 e. The molecule has 1 aliphatic rings. The van der Waals surface area contributed by atoms with Gasteiger partial charge in [-0.2, -0.15) is 0 Å². The highest BCUT2D eigenvalue weighted by Crippen LogP contribution is 2.22. The fraction of sp³-hybridized carbons (Fsp3) is 0.923. The van der Waals surface area contributed by atoms with Crippen molar-refractivity contribution in [2.45, 2.75) is 59.0 Å². The van der Waals surface area contributed by atoms with Crippen molar-refractivity contribution in [1.82, 2.24) is 10.2 Å². The number of nitrogens with one attached hydrogen (secondary N) is 1. The van der Waals surface area contributed by atoms with Crippen LogP contribution >= 0.6 is 0 Å². The van der Waals surface area contributed by atoms with Crippen LogP contribution in [0, 0.1) is 5.92 Å². The Balaban J connectivity index is 2.40. The first-order chi connectivity index (χ1) is 7.56. The third-order valence-electron chi connectivity index (χ3n) is 3.91. The predicted molar refractivity (Wildman–Crippen MR) is 67.3 cm³/mol. The van der Waals surface area contributed by atoms with Gasteiger partial charge in [-0.15, -0.1) is 0 Å². The van der Waals surface area contributed by atoms with Crippen LogP contribution in [0.2, 0.25) is 0 Å². The maximum Gasteiger partial charge on any atom is 0.236 e. The number of likely N-dealkylation sites (tertiary alicyclic amines) is 1. The summed E-state index contributed by atoms with van der Waals surface area (Å²) in [5.41, 5.74) is 0. The Bertz CT molecular complexity index is 230. The van der Waals surface area contributed by atoms with Crippen molar-refractivity contribution in [3.05, 3.63) is 0 Å². The second-order valence-corrected chi connectivity index (χ2v) is 5.14. The van der Waals surface area contributed by atoms with Crippen LogP contribution in [0.15, 0.2) is 0 Å². The molecule has 1 N–H and O–H groups in total. The molecule has 16 heavy (non-hydrogen) atoms. The first-order valence-electron chi connectivity index (χ1n) is 6.59. The summed E-state index contributed by atoms with van der Waals surface area (Å²) in [7, 11) is 0. The summed E-state index contributed by atoms with van der Waals surface area (Å²) < 4.78 is 0. The van der Waals surface area contributed by atoms with Crippen molar-refractivity contribution in [1.29, 1.82) is 0 Å². The van der Waals surface area contributed by atoms with E-state index in [1.54, 1.807) is 0 Å². The number of rotatable bonds is 4. The van der Waals surface area contributed by atoms with Crippen LogP contribution < -0.4 is 5.32 Å². The van der Waals surface area contributed by atoms with Gasteiger partial charge in [0.2, 0.25) is 5.91 Å². The second kappa shape index (κ2) is 6.24. The van der Waals surface area contributed by atoms with E-state index in [0.29, 0.717) is 24.5 Å². The summed E-state index contributed by atoms with van der Waals surface area (Å²) in [5.74, 6) is 0.903. The lowest BCUT2D eigenvalue weighted by Gasteiger charge is -2.38. The monoisotopic (exact) mass is 226 g/mol. The maximum absolute atomic E-state index is 12.0. The molecule has 0 aromatic heterocycles. The number of hydrogen-bond acceptors (Lipinski definition) is 2. The number of carbonyl (C=O) groups is 1. The highest BCUT2D eigenvalue weighted by atomic mass is 16.2. The quantitative estimate of drug-likeness (QED) is 0.795. The lowest BCUT2D eigenvalue weighted by atomic mass is 9.92. The Morgan fingerprint density at radius 3 is 2.81 bits per heavy atom. The molecule has 1 heterocycles. The number of hydrogen-bond donors (Lipinski definition) is 1. The zero-order chi connectivity index (χ0) is 12.1. The Labute approximate surface area is 99.6 Å². The third-order valence-corrected chi connectivity index (χ3v) is 3.91. The first-order valence-corrected chi connectivity index (χ1v) is 6.59. The van der Waals surface area contributed by atoms with Gasteiger partial charge in [0.25, 0.3) is 0 Å². The van der Waals surface area contributed by atoms with E-state index in [-0.39, 0.29) is 5.91 Å². The molecule has 0 aromatic rings. The van der Waals surface area contributed by atoms with Gasteiger partial charge in [-0.1, -0.05) is 13.8 Å². The zero-order valence-corrected chi connectivity index (χ0v) is 11.1. The fourth-order valence-corrected chi connectivity index (χ4v) is 2.19. The van der Waals surface area contributed by atoms with Crippen molar-refractivity contribution in [3.8, 4) is 0 Å². The second-order valence-electron chi connectivity index (χ2n) is 5.14. The molecule has 0 aliphatic carbocycles. The summed E-state index contributed by atoms with van der Waals surface area (Å²) in [5, 5.41) is 3.27. The van der Waals surface area contributed by atoms with Gasteiger partial charge in [0, 0.05) is 18.6 Å². The van der Waals surface area contributed by atoms with Gasteiger partial charge in [0.1, 0.15) is 0 Å². The lowest BCUT2D eigenvalue weighted by molar-refractivity contribution is -0.134. The highest BCUT2D eigenvalue weighted by molar-refractivity contribution is 5.78. The van der Waals surface area contributed by atoms with E-state index in [2.05, 4.69) is 33.0 Å². The largest absolute Gasteiger partial charge is 0.339 e. The standard InChI is InChI=1S/C13H26N2O/c1-5-11(3)14-9-13(16)15-8-6-7-10(2)12(15)4/h10-12,14H,5-9H2,1-4H3. The summed E-state index contributed by atoms with van der Waals surface area (Å²) in [6.45, 7) is 10.1. The van der Waals surface area contributed by atoms with E-state index in [0.717, 1.165) is 19.4 Å². The van der Waals surface area contributed by atoms with Gasteiger partial charge in [0.15, 0.2) is 0 Å². The minimum atomic E-state index is 0.263.